The first-order valence-corrected chi connectivity index (χ1v) is 7.06. The van der Waals surface area contributed by atoms with Crippen molar-refractivity contribution in [1.29, 1.82) is 0 Å². The average molecular weight is 254 g/mol. The highest BCUT2D eigenvalue weighted by atomic mass is 16.2. The fourth-order valence-corrected chi connectivity index (χ4v) is 2.50. The first-order valence-electron chi connectivity index (χ1n) is 7.06. The minimum absolute atomic E-state index is 0.0248. The fourth-order valence-electron chi connectivity index (χ4n) is 2.50. The molecule has 0 bridgehead atoms. The maximum atomic E-state index is 12.4. The topological polar surface area (TPSA) is 49.4 Å². The lowest BCUT2D eigenvalue weighted by atomic mass is 9.94. The SMILES string of the molecule is CCCC1NC(=O)C(C)N(C(C)C(C)CC)C1=O. The van der Waals surface area contributed by atoms with Gasteiger partial charge >= 0.3 is 0 Å². The first kappa shape index (κ1) is 15.0. The number of hydrogen-bond donors (Lipinski definition) is 1. The number of hydrogen-bond acceptors (Lipinski definition) is 2. The zero-order valence-electron chi connectivity index (χ0n) is 12.2. The number of piperazine rings is 1. The Morgan fingerprint density at radius 3 is 2.39 bits per heavy atom. The van der Waals surface area contributed by atoms with E-state index < -0.39 is 0 Å². The molecule has 4 unspecified atom stereocenters. The predicted octanol–water partition coefficient (Wildman–Crippen LogP) is 1.94. The van der Waals surface area contributed by atoms with Crippen LogP contribution in [0.4, 0.5) is 0 Å². The Labute approximate surface area is 110 Å². The monoisotopic (exact) mass is 254 g/mol. The van der Waals surface area contributed by atoms with Gasteiger partial charge in [-0.1, -0.05) is 33.6 Å². The van der Waals surface area contributed by atoms with Gasteiger partial charge in [0, 0.05) is 6.04 Å². The molecule has 4 heteroatoms. The summed E-state index contributed by atoms with van der Waals surface area (Å²) in [7, 11) is 0. The average Bonchev–Trinajstić information content (AvgIpc) is 2.35. The van der Waals surface area contributed by atoms with E-state index in [0.717, 1.165) is 19.3 Å². The summed E-state index contributed by atoms with van der Waals surface area (Å²) in [5.74, 6) is 0.463. The molecule has 0 spiro atoms. The summed E-state index contributed by atoms with van der Waals surface area (Å²) in [5, 5.41) is 2.83. The summed E-state index contributed by atoms with van der Waals surface area (Å²) >= 11 is 0. The molecule has 2 amide bonds. The van der Waals surface area contributed by atoms with Crippen molar-refractivity contribution in [1.82, 2.24) is 10.2 Å². The van der Waals surface area contributed by atoms with Crippen LogP contribution in [-0.2, 0) is 9.59 Å². The minimum Gasteiger partial charge on any atom is -0.343 e. The molecule has 0 aromatic rings. The van der Waals surface area contributed by atoms with Crippen LogP contribution in [0.25, 0.3) is 0 Å². The van der Waals surface area contributed by atoms with Gasteiger partial charge < -0.3 is 10.2 Å². The Morgan fingerprint density at radius 2 is 1.89 bits per heavy atom. The lowest BCUT2D eigenvalue weighted by Gasteiger charge is -2.42. The summed E-state index contributed by atoms with van der Waals surface area (Å²) in [4.78, 5) is 26.2. The Balaban J connectivity index is 2.91. The van der Waals surface area contributed by atoms with Gasteiger partial charge in [0.2, 0.25) is 11.8 Å². The molecule has 0 aromatic heterocycles. The van der Waals surface area contributed by atoms with Crippen molar-refractivity contribution in [2.24, 2.45) is 5.92 Å². The number of carbonyl (C=O) groups is 2. The molecule has 0 saturated carbocycles. The lowest BCUT2D eigenvalue weighted by molar-refractivity contribution is -0.152. The van der Waals surface area contributed by atoms with Gasteiger partial charge in [-0.25, -0.2) is 0 Å². The lowest BCUT2D eigenvalue weighted by Crippen LogP contribution is -2.65. The summed E-state index contributed by atoms with van der Waals surface area (Å²) < 4.78 is 0. The molecule has 18 heavy (non-hydrogen) atoms. The third-order valence-corrected chi connectivity index (χ3v) is 4.15. The quantitative estimate of drug-likeness (QED) is 0.815. The van der Waals surface area contributed by atoms with E-state index in [1.165, 1.54) is 0 Å². The van der Waals surface area contributed by atoms with Crippen molar-refractivity contribution < 1.29 is 9.59 Å². The molecule has 1 saturated heterocycles. The molecule has 1 rings (SSSR count). The van der Waals surface area contributed by atoms with Crippen LogP contribution in [0.3, 0.4) is 0 Å². The van der Waals surface area contributed by atoms with E-state index in [2.05, 4.69) is 19.2 Å². The second-order valence-corrected chi connectivity index (χ2v) is 5.40. The van der Waals surface area contributed by atoms with Crippen LogP contribution in [0.5, 0.6) is 0 Å². The zero-order valence-corrected chi connectivity index (χ0v) is 12.2. The van der Waals surface area contributed by atoms with Crippen LogP contribution in [-0.4, -0.2) is 34.8 Å². The maximum absolute atomic E-state index is 12.4. The van der Waals surface area contributed by atoms with Crippen molar-refractivity contribution in [3.63, 3.8) is 0 Å². The Kier molecular flexibility index (Phi) is 5.17. The molecule has 0 aromatic carbocycles. The van der Waals surface area contributed by atoms with E-state index in [1.807, 2.05) is 20.8 Å². The predicted molar refractivity (Wildman–Crippen MR) is 72.1 cm³/mol. The van der Waals surface area contributed by atoms with Crippen LogP contribution in [0.2, 0.25) is 0 Å². The highest BCUT2D eigenvalue weighted by molar-refractivity contribution is 5.96. The Bertz CT molecular complexity index is 317. The Hall–Kier alpha value is -1.06. The van der Waals surface area contributed by atoms with E-state index in [-0.39, 0.29) is 29.9 Å². The molecule has 0 aliphatic carbocycles. The van der Waals surface area contributed by atoms with Crippen molar-refractivity contribution in [3.05, 3.63) is 0 Å². The highest BCUT2D eigenvalue weighted by Crippen LogP contribution is 2.22. The van der Waals surface area contributed by atoms with Gasteiger partial charge in [-0.3, -0.25) is 9.59 Å². The van der Waals surface area contributed by atoms with Crippen molar-refractivity contribution in [2.45, 2.75) is 72.0 Å². The molecule has 1 fully saturated rings. The van der Waals surface area contributed by atoms with Gasteiger partial charge in [0.25, 0.3) is 0 Å². The molecular formula is C14H26N2O2. The third kappa shape index (κ3) is 2.85. The van der Waals surface area contributed by atoms with Crippen LogP contribution < -0.4 is 5.32 Å². The van der Waals surface area contributed by atoms with Crippen molar-refractivity contribution >= 4 is 11.8 Å². The number of carbonyl (C=O) groups excluding carboxylic acids is 2. The smallest absolute Gasteiger partial charge is 0.246 e. The molecule has 4 nitrogen and oxygen atoms in total. The second-order valence-electron chi connectivity index (χ2n) is 5.40. The van der Waals surface area contributed by atoms with Gasteiger partial charge in [-0.2, -0.15) is 0 Å². The van der Waals surface area contributed by atoms with Gasteiger partial charge in [0.1, 0.15) is 12.1 Å². The Morgan fingerprint density at radius 1 is 1.28 bits per heavy atom. The summed E-state index contributed by atoms with van der Waals surface area (Å²) in [6.45, 7) is 10.1. The van der Waals surface area contributed by atoms with E-state index in [9.17, 15) is 9.59 Å². The molecule has 1 aliphatic heterocycles. The normalized spacial score (nSPS) is 27.9. The third-order valence-electron chi connectivity index (χ3n) is 4.15. The van der Waals surface area contributed by atoms with E-state index in [4.69, 9.17) is 0 Å². The van der Waals surface area contributed by atoms with Gasteiger partial charge in [-0.05, 0) is 26.2 Å². The van der Waals surface area contributed by atoms with Gasteiger partial charge in [0.05, 0.1) is 0 Å². The van der Waals surface area contributed by atoms with E-state index >= 15 is 0 Å². The number of nitrogens with zero attached hydrogens (tertiary/aromatic N) is 1. The molecular weight excluding hydrogens is 228 g/mol. The standard InChI is InChI=1S/C14H26N2O2/c1-6-8-12-14(18)16(10(4)9(3)7-2)11(5)13(17)15-12/h9-12H,6-8H2,1-5H3,(H,15,17). The summed E-state index contributed by atoms with van der Waals surface area (Å²) in [6, 6.07) is -0.567. The fraction of sp³-hybridized carbons (Fsp3) is 0.857. The zero-order chi connectivity index (χ0) is 13.9. The van der Waals surface area contributed by atoms with Crippen LogP contribution in [0.1, 0.15) is 53.9 Å². The van der Waals surface area contributed by atoms with Crippen molar-refractivity contribution in [2.75, 3.05) is 0 Å². The summed E-state index contributed by atoms with van der Waals surface area (Å²) in [5.41, 5.74) is 0. The molecule has 1 aliphatic rings. The summed E-state index contributed by atoms with van der Waals surface area (Å²) in [6.07, 6.45) is 2.63. The second kappa shape index (κ2) is 6.21. The largest absolute Gasteiger partial charge is 0.343 e. The van der Waals surface area contributed by atoms with Crippen molar-refractivity contribution in [3.8, 4) is 0 Å². The molecule has 0 radical (unpaired) electrons. The molecule has 1 heterocycles. The molecule has 4 atom stereocenters. The van der Waals surface area contributed by atoms with E-state index in [0.29, 0.717) is 5.92 Å². The highest BCUT2D eigenvalue weighted by Gasteiger charge is 2.40. The van der Waals surface area contributed by atoms with E-state index in [1.54, 1.807) is 4.90 Å². The van der Waals surface area contributed by atoms with Crippen LogP contribution >= 0.6 is 0 Å². The minimum atomic E-state index is -0.352. The number of amides is 2. The molecule has 1 N–H and O–H groups in total. The maximum Gasteiger partial charge on any atom is 0.246 e. The first-order chi connectivity index (χ1) is 8.43. The number of rotatable bonds is 5. The van der Waals surface area contributed by atoms with Crippen LogP contribution in [0, 0.1) is 5.92 Å². The van der Waals surface area contributed by atoms with Crippen LogP contribution in [0.15, 0.2) is 0 Å². The molecule has 104 valence electrons. The van der Waals surface area contributed by atoms with Gasteiger partial charge in [-0.15, -0.1) is 0 Å². The van der Waals surface area contributed by atoms with Gasteiger partial charge in [0.15, 0.2) is 0 Å². The number of nitrogens with one attached hydrogen (secondary N) is 1.